The number of methoxy groups -OCH3 is 2. The number of carbonyl (C=O) groups is 3. The van der Waals surface area contributed by atoms with E-state index in [1.807, 2.05) is 12.1 Å². The maximum absolute atomic E-state index is 12.6. The van der Waals surface area contributed by atoms with Crippen LogP contribution in [0.5, 0.6) is 0 Å². The lowest BCUT2D eigenvalue weighted by Gasteiger charge is -2.28. The number of hydrogen-bond donors (Lipinski definition) is 0. The highest BCUT2D eigenvalue weighted by molar-refractivity contribution is 6.07. The molecule has 0 aromatic heterocycles. The predicted molar refractivity (Wildman–Crippen MR) is 99.8 cm³/mol. The molecule has 3 rings (SSSR count). The molecule has 7 heteroatoms. The van der Waals surface area contributed by atoms with E-state index in [2.05, 4.69) is 0 Å². The van der Waals surface area contributed by atoms with Gasteiger partial charge in [-0.3, -0.25) is 4.79 Å². The molecule has 1 amide bonds. The van der Waals surface area contributed by atoms with Crippen LogP contribution in [0.1, 0.15) is 12.8 Å². The average molecular weight is 368 g/mol. The van der Waals surface area contributed by atoms with Crippen LogP contribution in [-0.2, 0) is 23.9 Å². The summed E-state index contributed by atoms with van der Waals surface area (Å²) in [6, 6.07) is 7.23. The molecular weight excluding hydrogens is 348 g/mol. The van der Waals surface area contributed by atoms with Gasteiger partial charge in [0.2, 0.25) is 5.91 Å². The highest BCUT2D eigenvalue weighted by atomic mass is 16.5. The normalized spacial score (nSPS) is 16.6. The van der Waals surface area contributed by atoms with Crippen molar-refractivity contribution in [3.63, 3.8) is 0 Å². The van der Waals surface area contributed by atoms with E-state index in [1.165, 1.54) is 20.3 Å². The van der Waals surface area contributed by atoms with E-state index >= 15 is 0 Å². The molecule has 0 aliphatic carbocycles. The van der Waals surface area contributed by atoms with Crippen LogP contribution in [-0.4, -0.2) is 38.6 Å². The third-order valence-electron chi connectivity index (χ3n) is 4.39. The third-order valence-corrected chi connectivity index (χ3v) is 4.39. The van der Waals surface area contributed by atoms with Gasteiger partial charge in [-0.05, 0) is 30.7 Å². The van der Waals surface area contributed by atoms with Crippen LogP contribution in [0.2, 0.25) is 0 Å². The highest BCUT2D eigenvalue weighted by Gasteiger charge is 2.31. The van der Waals surface area contributed by atoms with Crippen molar-refractivity contribution in [2.75, 3.05) is 30.6 Å². The molecule has 140 valence electrons. The SMILES string of the molecule is COC(=O)C1=C(C(=O)OC)N(c2ccccc2N2CCCC2=O)C=CC=C1. The topological polar surface area (TPSA) is 76.2 Å². The van der Waals surface area contributed by atoms with Crippen LogP contribution < -0.4 is 9.80 Å². The molecule has 0 spiro atoms. The second-order valence-corrected chi connectivity index (χ2v) is 5.95. The number of allylic oxidation sites excluding steroid dienone is 2. The molecule has 7 nitrogen and oxygen atoms in total. The minimum atomic E-state index is -0.686. The van der Waals surface area contributed by atoms with Crippen molar-refractivity contribution in [3.8, 4) is 0 Å². The summed E-state index contributed by atoms with van der Waals surface area (Å²) in [5.41, 5.74) is 1.34. The van der Waals surface area contributed by atoms with Crippen molar-refractivity contribution in [2.24, 2.45) is 0 Å². The van der Waals surface area contributed by atoms with Crippen LogP contribution >= 0.6 is 0 Å². The maximum Gasteiger partial charge on any atom is 0.355 e. The lowest BCUT2D eigenvalue weighted by atomic mass is 10.1. The molecule has 1 aromatic carbocycles. The van der Waals surface area contributed by atoms with Crippen molar-refractivity contribution < 1.29 is 23.9 Å². The predicted octanol–water partition coefficient (Wildman–Crippen LogP) is 2.30. The van der Waals surface area contributed by atoms with Gasteiger partial charge in [-0.1, -0.05) is 18.2 Å². The van der Waals surface area contributed by atoms with E-state index in [0.717, 1.165) is 6.42 Å². The summed E-state index contributed by atoms with van der Waals surface area (Å²) in [5, 5.41) is 0. The number of rotatable bonds is 4. The van der Waals surface area contributed by atoms with Gasteiger partial charge >= 0.3 is 11.9 Å². The van der Waals surface area contributed by atoms with E-state index in [9.17, 15) is 14.4 Å². The molecule has 0 unspecified atom stereocenters. The van der Waals surface area contributed by atoms with Crippen molar-refractivity contribution in [2.45, 2.75) is 12.8 Å². The van der Waals surface area contributed by atoms with E-state index < -0.39 is 11.9 Å². The number of amides is 1. The first-order valence-electron chi connectivity index (χ1n) is 8.53. The zero-order chi connectivity index (χ0) is 19.4. The summed E-state index contributed by atoms with van der Waals surface area (Å²) in [5.74, 6) is -1.32. The van der Waals surface area contributed by atoms with E-state index in [0.29, 0.717) is 24.3 Å². The van der Waals surface area contributed by atoms with Crippen LogP contribution in [0, 0.1) is 0 Å². The van der Waals surface area contributed by atoms with Gasteiger partial charge in [-0.25, -0.2) is 9.59 Å². The van der Waals surface area contributed by atoms with Crippen LogP contribution in [0.15, 0.2) is 60.0 Å². The third kappa shape index (κ3) is 3.48. The Hall–Kier alpha value is -3.35. The second kappa shape index (κ2) is 7.90. The van der Waals surface area contributed by atoms with Gasteiger partial charge in [0.05, 0.1) is 31.2 Å². The first kappa shape index (κ1) is 18.4. The molecule has 0 N–H and O–H groups in total. The molecular formula is C20H20N2O5. The first-order valence-corrected chi connectivity index (χ1v) is 8.53. The molecule has 0 radical (unpaired) electrons. The van der Waals surface area contributed by atoms with Crippen molar-refractivity contribution in [3.05, 3.63) is 60.0 Å². The number of ether oxygens (including phenoxy) is 2. The van der Waals surface area contributed by atoms with Gasteiger partial charge in [-0.15, -0.1) is 0 Å². The number of para-hydroxylation sites is 2. The number of benzene rings is 1. The Labute approximate surface area is 157 Å². The monoisotopic (exact) mass is 368 g/mol. The summed E-state index contributed by atoms with van der Waals surface area (Å²) in [7, 11) is 2.49. The van der Waals surface area contributed by atoms with Gasteiger partial charge < -0.3 is 19.3 Å². The fourth-order valence-corrected chi connectivity index (χ4v) is 3.15. The minimum absolute atomic E-state index is 0.0217. The second-order valence-electron chi connectivity index (χ2n) is 5.95. The number of carbonyl (C=O) groups excluding carboxylic acids is 3. The lowest BCUT2D eigenvalue weighted by Crippen LogP contribution is -2.30. The fourth-order valence-electron chi connectivity index (χ4n) is 3.15. The summed E-state index contributed by atoms with van der Waals surface area (Å²) >= 11 is 0. The Kier molecular flexibility index (Phi) is 5.40. The van der Waals surface area contributed by atoms with Crippen molar-refractivity contribution in [1.82, 2.24) is 0 Å². The number of anilines is 2. The largest absolute Gasteiger partial charge is 0.465 e. The maximum atomic E-state index is 12.6. The zero-order valence-corrected chi connectivity index (χ0v) is 15.2. The van der Waals surface area contributed by atoms with Gasteiger partial charge in [0.15, 0.2) is 0 Å². The molecule has 1 saturated heterocycles. The Bertz CT molecular complexity index is 869. The fraction of sp³-hybridized carbons (Fsp3) is 0.250. The summed E-state index contributed by atoms with van der Waals surface area (Å²) in [6.45, 7) is 0.604. The van der Waals surface area contributed by atoms with E-state index in [1.54, 1.807) is 40.3 Å². The molecule has 0 atom stereocenters. The Balaban J connectivity index is 2.18. The highest BCUT2D eigenvalue weighted by Crippen LogP contribution is 2.36. The summed E-state index contributed by atoms with van der Waals surface area (Å²) in [6.07, 6.45) is 7.74. The molecule has 1 fully saturated rings. The van der Waals surface area contributed by atoms with Gasteiger partial charge in [-0.2, -0.15) is 0 Å². The van der Waals surface area contributed by atoms with Crippen molar-refractivity contribution >= 4 is 29.2 Å². The molecule has 2 aliphatic rings. The quantitative estimate of drug-likeness (QED) is 0.759. The summed E-state index contributed by atoms with van der Waals surface area (Å²) < 4.78 is 9.74. The van der Waals surface area contributed by atoms with Gasteiger partial charge in [0, 0.05) is 19.2 Å². The Morgan fingerprint density at radius 1 is 1.00 bits per heavy atom. The Morgan fingerprint density at radius 2 is 1.70 bits per heavy atom. The van der Waals surface area contributed by atoms with Crippen LogP contribution in [0.25, 0.3) is 0 Å². The van der Waals surface area contributed by atoms with Crippen LogP contribution in [0.3, 0.4) is 0 Å². The number of nitrogens with zero attached hydrogens (tertiary/aromatic N) is 2. The van der Waals surface area contributed by atoms with Gasteiger partial charge in [0.25, 0.3) is 0 Å². The Morgan fingerprint density at radius 3 is 2.33 bits per heavy atom. The van der Waals surface area contributed by atoms with Gasteiger partial charge in [0.1, 0.15) is 5.70 Å². The van der Waals surface area contributed by atoms with Crippen molar-refractivity contribution in [1.29, 1.82) is 0 Å². The average Bonchev–Trinajstić information content (AvgIpc) is 3.00. The van der Waals surface area contributed by atoms with E-state index in [-0.39, 0.29) is 17.2 Å². The number of esters is 2. The zero-order valence-electron chi connectivity index (χ0n) is 15.2. The molecule has 0 saturated carbocycles. The molecule has 27 heavy (non-hydrogen) atoms. The molecule has 2 aliphatic heterocycles. The molecule has 2 heterocycles. The number of hydrogen-bond acceptors (Lipinski definition) is 6. The van der Waals surface area contributed by atoms with E-state index in [4.69, 9.17) is 9.47 Å². The first-order chi connectivity index (χ1) is 13.1. The smallest absolute Gasteiger partial charge is 0.355 e. The summed E-state index contributed by atoms with van der Waals surface area (Å²) in [4.78, 5) is 40.3. The minimum Gasteiger partial charge on any atom is -0.465 e. The molecule has 1 aromatic rings. The lowest BCUT2D eigenvalue weighted by molar-refractivity contribution is -0.139. The molecule has 0 bridgehead atoms. The van der Waals surface area contributed by atoms with Crippen LogP contribution in [0.4, 0.5) is 11.4 Å². The standard InChI is InChI=1S/C20H20N2O5/c1-26-19(24)14-8-5-6-12-22(18(14)20(25)27-2)16-10-4-3-9-15(16)21-13-7-11-17(21)23/h3-6,8-10,12H,7,11,13H2,1-2H3.